The fourth-order valence-electron chi connectivity index (χ4n) is 3.58. The summed E-state index contributed by atoms with van der Waals surface area (Å²) < 4.78 is 35.8. The number of hydrogen-bond acceptors (Lipinski definition) is 6. The monoisotopic (exact) mass is 590 g/mol. The van der Waals surface area contributed by atoms with Crippen molar-refractivity contribution in [2.45, 2.75) is 67.6 Å². The van der Waals surface area contributed by atoms with Crippen LogP contribution in [-0.2, 0) is 14.4 Å². The molecule has 3 rings (SSSR count). The Bertz CT molecular complexity index is 1260. The van der Waals surface area contributed by atoms with Gasteiger partial charge in [0.1, 0.15) is 5.69 Å². The molecule has 2 heterocycles. The molecule has 1 aliphatic heterocycles. The lowest BCUT2D eigenvalue weighted by Crippen LogP contribution is -2.44. The maximum atomic E-state index is 11.9. The summed E-state index contributed by atoms with van der Waals surface area (Å²) in [5, 5.41) is 22.2. The molecule has 12 heteroatoms. The van der Waals surface area contributed by atoms with E-state index in [1.54, 1.807) is 23.6 Å². The van der Waals surface area contributed by atoms with Crippen molar-refractivity contribution in [3.05, 3.63) is 35.7 Å². The van der Waals surface area contributed by atoms with Gasteiger partial charge in [0.15, 0.2) is 6.04 Å². The molecule has 42 heavy (non-hydrogen) atoms. The van der Waals surface area contributed by atoms with E-state index < -0.39 is 30.6 Å². The van der Waals surface area contributed by atoms with Gasteiger partial charge in [-0.2, -0.15) is 28.6 Å². The van der Waals surface area contributed by atoms with Crippen molar-refractivity contribution >= 4 is 29.0 Å². The van der Waals surface area contributed by atoms with Crippen molar-refractivity contribution in [2.75, 3.05) is 19.6 Å². The molecule has 1 unspecified atom stereocenters. The first-order valence-corrected chi connectivity index (χ1v) is 13.5. The van der Waals surface area contributed by atoms with Crippen molar-refractivity contribution in [3.63, 3.8) is 0 Å². The van der Waals surface area contributed by atoms with Crippen molar-refractivity contribution in [2.24, 2.45) is 17.3 Å². The van der Waals surface area contributed by atoms with Gasteiger partial charge in [-0.3, -0.25) is 14.4 Å². The van der Waals surface area contributed by atoms with E-state index in [-0.39, 0.29) is 11.3 Å². The lowest BCUT2D eigenvalue weighted by Gasteiger charge is -2.22. The summed E-state index contributed by atoms with van der Waals surface area (Å²) in [4.78, 5) is 34.2. The van der Waals surface area contributed by atoms with Gasteiger partial charge in [-0.25, -0.2) is 0 Å². The van der Waals surface area contributed by atoms with Crippen LogP contribution in [0.4, 0.5) is 13.2 Å². The first-order valence-electron chi connectivity index (χ1n) is 13.5. The highest BCUT2D eigenvalue weighted by Crippen LogP contribution is 2.34. The molecule has 3 amide bonds. The number of halogens is 3. The van der Waals surface area contributed by atoms with Crippen LogP contribution < -0.4 is 10.6 Å². The Hall–Kier alpha value is -4.19. The number of rotatable bonds is 5. The zero-order valence-electron chi connectivity index (χ0n) is 25.5. The standard InChI is InChI=1S/C13H8N4O.C11H17F3N2O2.C4H10.C2H6/c1-2-9-4-3-5-10-7-16-17-13(12(9)10)11(6-14)15-8-18;1-7-5-16(6-10(7,2)3)8(17)4-15-9(18)11(12,13)14;1-4(2)3;1-2/h1,3-5,7-8,11H,(H,15,18);7H,4-6H2,1-3H3,(H,15,18);4H,1-3H3;1-2H3/t;7-;;/m.0../s1. The van der Waals surface area contributed by atoms with E-state index in [1.165, 1.54) is 4.90 Å². The van der Waals surface area contributed by atoms with Crippen LogP contribution in [0, 0.1) is 40.9 Å². The van der Waals surface area contributed by atoms with Gasteiger partial charge in [0.2, 0.25) is 12.3 Å². The highest BCUT2D eigenvalue weighted by molar-refractivity contribution is 5.90. The van der Waals surface area contributed by atoms with Crippen LogP contribution in [0.25, 0.3) is 10.8 Å². The summed E-state index contributed by atoms with van der Waals surface area (Å²) in [6.45, 7) is 16.9. The van der Waals surface area contributed by atoms with Gasteiger partial charge < -0.3 is 15.5 Å². The quantitative estimate of drug-likeness (QED) is 0.381. The smallest absolute Gasteiger partial charge is 0.340 e. The fourth-order valence-corrected chi connectivity index (χ4v) is 3.58. The minimum atomic E-state index is -4.95. The number of amides is 3. The molecule has 0 saturated carbocycles. The number of nitrogens with one attached hydrogen (secondary N) is 2. The van der Waals surface area contributed by atoms with Gasteiger partial charge in [0.25, 0.3) is 0 Å². The van der Waals surface area contributed by atoms with Crippen LogP contribution in [-0.4, -0.2) is 59.1 Å². The Morgan fingerprint density at radius 2 is 1.86 bits per heavy atom. The van der Waals surface area contributed by atoms with Crippen LogP contribution >= 0.6 is 0 Å². The molecule has 1 fully saturated rings. The molecule has 0 bridgehead atoms. The largest absolute Gasteiger partial charge is 0.471 e. The van der Waals surface area contributed by atoms with Gasteiger partial charge in [-0.15, -0.1) is 6.42 Å². The Balaban J connectivity index is 0.000000675. The van der Waals surface area contributed by atoms with E-state index in [2.05, 4.69) is 42.2 Å². The Morgan fingerprint density at radius 1 is 1.26 bits per heavy atom. The van der Waals surface area contributed by atoms with E-state index in [1.807, 2.05) is 46.8 Å². The van der Waals surface area contributed by atoms with E-state index >= 15 is 0 Å². The summed E-state index contributed by atoms with van der Waals surface area (Å²) in [5.41, 5.74) is 0.921. The van der Waals surface area contributed by atoms with Gasteiger partial charge in [0, 0.05) is 29.4 Å². The molecule has 1 aliphatic rings. The summed E-state index contributed by atoms with van der Waals surface area (Å²) in [5.74, 6) is 1.09. The molecular weight excluding hydrogens is 549 g/mol. The highest BCUT2D eigenvalue weighted by atomic mass is 19.4. The van der Waals surface area contributed by atoms with Crippen LogP contribution in [0.2, 0.25) is 0 Å². The van der Waals surface area contributed by atoms with Crippen LogP contribution in [0.3, 0.4) is 0 Å². The average Bonchev–Trinajstić information content (AvgIpc) is 3.22. The van der Waals surface area contributed by atoms with Crippen molar-refractivity contribution in [3.8, 4) is 18.4 Å². The first kappa shape index (κ1) is 37.8. The minimum absolute atomic E-state index is 0.0519. The lowest BCUT2D eigenvalue weighted by atomic mass is 9.84. The van der Waals surface area contributed by atoms with Crippen molar-refractivity contribution < 1.29 is 27.6 Å². The van der Waals surface area contributed by atoms with Gasteiger partial charge in [-0.05, 0) is 23.3 Å². The molecule has 2 N–H and O–H groups in total. The number of likely N-dealkylation sites (tertiary alicyclic amines) is 1. The molecule has 1 aromatic carbocycles. The van der Waals surface area contributed by atoms with E-state index in [9.17, 15) is 27.6 Å². The summed E-state index contributed by atoms with van der Waals surface area (Å²) in [7, 11) is 0. The number of alkyl halides is 3. The zero-order chi connectivity index (χ0) is 32.7. The van der Waals surface area contributed by atoms with Crippen LogP contribution in [0.5, 0.6) is 0 Å². The van der Waals surface area contributed by atoms with E-state index in [0.29, 0.717) is 36.1 Å². The van der Waals surface area contributed by atoms with Crippen molar-refractivity contribution in [1.82, 2.24) is 25.7 Å². The predicted molar refractivity (Wildman–Crippen MR) is 155 cm³/mol. The number of aromatic nitrogens is 2. The second kappa shape index (κ2) is 17.6. The summed E-state index contributed by atoms with van der Waals surface area (Å²) in [6.07, 6.45) is 2.50. The molecule has 0 aliphatic carbocycles. The van der Waals surface area contributed by atoms with Crippen LogP contribution in [0.1, 0.15) is 72.7 Å². The summed E-state index contributed by atoms with van der Waals surface area (Å²) >= 11 is 0. The Kier molecular flexibility index (Phi) is 15.8. The molecule has 1 aromatic heterocycles. The minimum Gasteiger partial charge on any atom is -0.340 e. The van der Waals surface area contributed by atoms with Gasteiger partial charge >= 0.3 is 12.1 Å². The molecule has 9 nitrogen and oxygen atoms in total. The second-order valence-corrected chi connectivity index (χ2v) is 10.6. The van der Waals surface area contributed by atoms with Gasteiger partial charge in [0.05, 0.1) is 18.8 Å². The third kappa shape index (κ3) is 11.7. The number of fused-ring (bicyclic) bond motifs is 1. The number of benzene rings is 1. The number of hydrogen-bond donors (Lipinski definition) is 2. The Morgan fingerprint density at radius 3 is 2.31 bits per heavy atom. The molecule has 2 aromatic rings. The Labute approximate surface area is 246 Å². The number of terminal acetylenes is 1. The number of carbonyl (C=O) groups is 3. The second-order valence-electron chi connectivity index (χ2n) is 10.6. The highest BCUT2D eigenvalue weighted by Gasteiger charge is 2.41. The average molecular weight is 591 g/mol. The number of nitrogens with zero attached hydrogens (tertiary/aromatic N) is 4. The number of nitriles is 1. The molecular formula is C30H41F3N6O3. The molecule has 230 valence electrons. The zero-order valence-corrected chi connectivity index (χ0v) is 25.5. The van der Waals surface area contributed by atoms with E-state index in [0.717, 1.165) is 11.3 Å². The molecule has 2 atom stereocenters. The third-order valence-electron chi connectivity index (χ3n) is 5.94. The first-order chi connectivity index (χ1) is 19.6. The predicted octanol–water partition coefficient (Wildman–Crippen LogP) is 4.78. The summed E-state index contributed by atoms with van der Waals surface area (Å²) in [6, 6.07) is 6.46. The third-order valence-corrected chi connectivity index (χ3v) is 5.94. The van der Waals surface area contributed by atoms with Gasteiger partial charge in [-0.1, -0.05) is 73.4 Å². The van der Waals surface area contributed by atoms with Crippen molar-refractivity contribution in [1.29, 1.82) is 5.26 Å². The molecule has 1 saturated heterocycles. The topological polar surface area (TPSA) is 128 Å². The fraction of sp³-hybridized carbons (Fsp3) is 0.533. The normalized spacial score (nSPS) is 15.7. The van der Waals surface area contributed by atoms with E-state index in [4.69, 9.17) is 11.7 Å². The number of carbonyl (C=O) groups excluding carboxylic acids is 3. The SMILES string of the molecule is C#Cc1cccc2cnnc(C(C#N)NC=O)c12.CC.CC(C)C.C[C@H]1CN(C(=O)CNC(=O)C(F)(F)F)CC1(C)C. The lowest BCUT2D eigenvalue weighted by molar-refractivity contribution is -0.174. The van der Waals surface area contributed by atoms with Crippen LogP contribution in [0.15, 0.2) is 24.4 Å². The maximum Gasteiger partial charge on any atom is 0.471 e. The maximum absolute atomic E-state index is 11.9. The molecule has 0 radical (unpaired) electrons. The molecule has 0 spiro atoms.